The topological polar surface area (TPSA) is 0 Å². The molecule has 0 aliphatic carbocycles. The highest BCUT2D eigenvalue weighted by Crippen LogP contribution is 2.51. The first-order chi connectivity index (χ1) is 20.3. The number of benzene rings is 2. The van der Waals surface area contributed by atoms with Crippen molar-refractivity contribution in [3.8, 4) is 0 Å². The van der Waals surface area contributed by atoms with Crippen molar-refractivity contribution in [2.24, 2.45) is 0 Å². The van der Waals surface area contributed by atoms with Crippen LogP contribution in [0.4, 0.5) is 0 Å². The molecule has 0 radical (unpaired) electrons. The number of rotatable bonds is 3. The molecule has 2 aromatic carbocycles. The van der Waals surface area contributed by atoms with Gasteiger partial charge in [-0.2, -0.15) is 0 Å². The third kappa shape index (κ3) is 8.97. The van der Waals surface area contributed by atoms with Gasteiger partial charge in [0.05, 0.1) is 0 Å². The average Bonchev–Trinajstić information content (AvgIpc) is 2.76. The minimum atomic E-state index is 0.00611. The zero-order valence-electron chi connectivity index (χ0n) is 36.4. The highest BCUT2D eigenvalue weighted by Gasteiger charge is 2.41. The van der Waals surface area contributed by atoms with Crippen molar-refractivity contribution < 1.29 is 0 Å². The predicted molar refractivity (Wildman–Crippen MR) is 215 cm³/mol. The Hall–Kier alpha value is -1.56. The maximum atomic E-state index is 2.62. The van der Waals surface area contributed by atoms with Gasteiger partial charge in [-0.3, -0.25) is 0 Å². The highest BCUT2D eigenvalue weighted by atomic mass is 14.4. The van der Waals surface area contributed by atoms with Gasteiger partial charge < -0.3 is 0 Å². The molecule has 0 fully saturated rings. The van der Waals surface area contributed by atoms with Crippen LogP contribution in [0.3, 0.4) is 0 Å². The van der Waals surface area contributed by atoms with Crippen molar-refractivity contribution in [1.29, 1.82) is 0 Å². The second kappa shape index (κ2) is 12.3. The zero-order chi connectivity index (χ0) is 37.5. The van der Waals surface area contributed by atoms with Gasteiger partial charge in [-0.15, -0.1) is 0 Å². The molecule has 0 bridgehead atoms. The summed E-state index contributed by atoms with van der Waals surface area (Å²) in [5.41, 5.74) is 15.8. The normalized spacial score (nSPS) is 15.3. The molecule has 0 N–H and O–H groups in total. The van der Waals surface area contributed by atoms with Crippen molar-refractivity contribution >= 4 is 0 Å². The van der Waals surface area contributed by atoms with Gasteiger partial charge in [0.15, 0.2) is 0 Å². The molecular formula is C47H80. The van der Waals surface area contributed by atoms with Crippen molar-refractivity contribution in [3.63, 3.8) is 0 Å². The maximum Gasteiger partial charge on any atom is -0.0126 e. The van der Waals surface area contributed by atoms with E-state index in [1.54, 1.807) is 33.4 Å². The summed E-state index contributed by atoms with van der Waals surface area (Å²) in [6.45, 7) is 61.1. The standard InChI is InChI=1S/C47H80/c1-29(35-38(46(20,21)22)33(42(8,9)10)28-34(43(11,12)13)39(35)47(23,24)25)26-30-36(44(14,15)16)31(40(2,3)4)27-32(41(5,6)7)37(30)45(17,18)19/h27-29H,26H2,1-25H3. The van der Waals surface area contributed by atoms with Gasteiger partial charge >= 0.3 is 0 Å². The molecule has 0 saturated heterocycles. The van der Waals surface area contributed by atoms with Crippen molar-refractivity contribution in [2.75, 3.05) is 0 Å². The Balaban J connectivity index is 3.44. The summed E-state index contributed by atoms with van der Waals surface area (Å²) in [6.07, 6.45) is 1.04. The van der Waals surface area contributed by atoms with E-state index in [1.807, 2.05) is 0 Å². The lowest BCUT2D eigenvalue weighted by atomic mass is 9.61. The molecule has 0 saturated carbocycles. The molecule has 268 valence electrons. The van der Waals surface area contributed by atoms with Crippen LogP contribution in [0.5, 0.6) is 0 Å². The van der Waals surface area contributed by atoms with E-state index in [-0.39, 0.29) is 43.3 Å². The molecule has 0 amide bonds. The zero-order valence-corrected chi connectivity index (χ0v) is 36.4. The fraction of sp³-hybridized carbons (Fsp3) is 0.745. The molecular weight excluding hydrogens is 565 g/mol. The lowest BCUT2D eigenvalue weighted by Crippen LogP contribution is -2.34. The van der Waals surface area contributed by atoms with Gasteiger partial charge in [0.1, 0.15) is 0 Å². The molecule has 2 rings (SSSR count). The lowest BCUT2D eigenvalue weighted by molar-refractivity contribution is 0.475. The molecule has 0 aliphatic rings. The van der Waals surface area contributed by atoms with Crippen molar-refractivity contribution in [1.82, 2.24) is 0 Å². The molecule has 0 spiro atoms. The van der Waals surface area contributed by atoms with Crippen LogP contribution in [-0.4, -0.2) is 0 Å². The van der Waals surface area contributed by atoms with Crippen LogP contribution >= 0.6 is 0 Å². The molecule has 1 unspecified atom stereocenters. The van der Waals surface area contributed by atoms with Crippen LogP contribution in [0.25, 0.3) is 0 Å². The first-order valence-electron chi connectivity index (χ1n) is 18.8. The molecule has 47 heavy (non-hydrogen) atoms. The van der Waals surface area contributed by atoms with Crippen LogP contribution in [0.1, 0.15) is 235 Å². The van der Waals surface area contributed by atoms with E-state index in [0.29, 0.717) is 5.92 Å². The summed E-state index contributed by atoms with van der Waals surface area (Å²) in [7, 11) is 0. The summed E-state index contributed by atoms with van der Waals surface area (Å²) >= 11 is 0. The van der Waals surface area contributed by atoms with Gasteiger partial charge in [-0.1, -0.05) is 185 Å². The second-order valence-electron chi connectivity index (χ2n) is 23.4. The van der Waals surface area contributed by atoms with E-state index >= 15 is 0 Å². The Bertz CT molecular complexity index is 1330. The van der Waals surface area contributed by atoms with E-state index in [0.717, 1.165) is 6.42 Å². The van der Waals surface area contributed by atoms with E-state index in [4.69, 9.17) is 0 Å². The van der Waals surface area contributed by atoms with Crippen LogP contribution in [-0.2, 0) is 49.7 Å². The van der Waals surface area contributed by atoms with Crippen LogP contribution < -0.4 is 0 Å². The van der Waals surface area contributed by atoms with E-state index in [1.165, 1.54) is 22.3 Å². The third-order valence-electron chi connectivity index (χ3n) is 10.0. The van der Waals surface area contributed by atoms with Gasteiger partial charge in [0.25, 0.3) is 0 Å². The number of hydrogen-bond acceptors (Lipinski definition) is 0. The lowest BCUT2D eigenvalue weighted by Gasteiger charge is -2.43. The summed E-state index contributed by atoms with van der Waals surface area (Å²) < 4.78 is 0. The van der Waals surface area contributed by atoms with Gasteiger partial charge in [-0.25, -0.2) is 0 Å². The Labute approximate surface area is 295 Å². The Kier molecular flexibility index (Phi) is 10.9. The fourth-order valence-corrected chi connectivity index (χ4v) is 8.24. The Morgan fingerprint density at radius 3 is 0.745 bits per heavy atom. The third-order valence-corrected chi connectivity index (χ3v) is 10.0. The van der Waals surface area contributed by atoms with E-state index in [2.05, 4.69) is 185 Å². The minimum absolute atomic E-state index is 0.00611. The summed E-state index contributed by atoms with van der Waals surface area (Å²) in [4.78, 5) is 0. The fourth-order valence-electron chi connectivity index (χ4n) is 8.24. The molecule has 0 aromatic heterocycles. The molecule has 0 heteroatoms. The highest BCUT2D eigenvalue weighted by molar-refractivity contribution is 5.60. The average molecular weight is 645 g/mol. The Morgan fingerprint density at radius 1 is 0.340 bits per heavy atom. The molecule has 0 heterocycles. The van der Waals surface area contributed by atoms with Crippen molar-refractivity contribution in [2.45, 2.75) is 229 Å². The van der Waals surface area contributed by atoms with Gasteiger partial charge in [0, 0.05) is 0 Å². The molecule has 1 atom stereocenters. The molecule has 2 aromatic rings. The van der Waals surface area contributed by atoms with Crippen molar-refractivity contribution in [3.05, 3.63) is 67.8 Å². The smallest absolute Gasteiger partial charge is 0.0126 e. The molecule has 0 aliphatic heterocycles. The van der Waals surface area contributed by atoms with E-state index < -0.39 is 0 Å². The molecule has 0 nitrogen and oxygen atoms in total. The summed E-state index contributed by atoms with van der Waals surface area (Å²) in [6, 6.07) is 5.24. The SMILES string of the molecule is CC(Cc1c(C(C)(C)C)c(C(C)(C)C)cc(C(C)(C)C)c1C(C)(C)C)c1c(C(C)(C)C)c(C(C)(C)C)cc(C(C)(C)C)c1C(C)(C)C. The second-order valence-corrected chi connectivity index (χ2v) is 23.4. The van der Waals surface area contributed by atoms with E-state index in [9.17, 15) is 0 Å². The minimum Gasteiger partial charge on any atom is -0.0581 e. The van der Waals surface area contributed by atoms with Crippen LogP contribution in [0, 0.1) is 0 Å². The van der Waals surface area contributed by atoms with Gasteiger partial charge in [-0.05, 0) is 111 Å². The maximum absolute atomic E-state index is 2.62. The predicted octanol–water partition coefficient (Wildman–Crippen LogP) is 14.4. The first-order valence-corrected chi connectivity index (χ1v) is 18.8. The Morgan fingerprint density at radius 2 is 0.553 bits per heavy atom. The summed E-state index contributed by atoms with van der Waals surface area (Å²) in [5, 5.41) is 0. The monoisotopic (exact) mass is 645 g/mol. The first kappa shape index (κ1) is 41.6. The van der Waals surface area contributed by atoms with Crippen LogP contribution in [0.2, 0.25) is 0 Å². The van der Waals surface area contributed by atoms with Gasteiger partial charge in [0.2, 0.25) is 0 Å². The largest absolute Gasteiger partial charge is 0.0581 e. The summed E-state index contributed by atoms with van der Waals surface area (Å²) in [5.74, 6) is 0.340. The quantitative estimate of drug-likeness (QED) is 0.312. The van der Waals surface area contributed by atoms with Crippen LogP contribution in [0.15, 0.2) is 12.1 Å². The number of hydrogen-bond donors (Lipinski definition) is 0.